The van der Waals surface area contributed by atoms with Crippen molar-refractivity contribution in [2.45, 2.75) is 13.1 Å². The molecule has 0 aliphatic carbocycles. The Morgan fingerprint density at radius 2 is 1.94 bits per heavy atom. The van der Waals surface area contributed by atoms with Crippen LogP contribution in [0.15, 0.2) is 30.3 Å². The summed E-state index contributed by atoms with van der Waals surface area (Å²) in [5.41, 5.74) is 3.13. The van der Waals surface area contributed by atoms with Gasteiger partial charge in [0.25, 0.3) is 0 Å². The lowest BCUT2D eigenvalue weighted by molar-refractivity contribution is 0.392. The summed E-state index contributed by atoms with van der Waals surface area (Å²) in [6.07, 6.45) is 0. The van der Waals surface area contributed by atoms with Crippen molar-refractivity contribution in [3.8, 4) is 17.3 Å². The first-order chi connectivity index (χ1) is 8.38. The van der Waals surface area contributed by atoms with Crippen molar-refractivity contribution in [2.24, 2.45) is 0 Å². The normalized spacial score (nSPS) is 13.5. The molecule has 0 saturated carbocycles. The molecule has 0 bridgehead atoms. The van der Waals surface area contributed by atoms with Crippen LogP contribution >= 0.6 is 0 Å². The van der Waals surface area contributed by atoms with E-state index in [4.69, 9.17) is 4.74 Å². The summed E-state index contributed by atoms with van der Waals surface area (Å²) in [7, 11) is 1.65. The Morgan fingerprint density at radius 1 is 1.12 bits per heavy atom. The van der Waals surface area contributed by atoms with E-state index >= 15 is 0 Å². The van der Waals surface area contributed by atoms with Gasteiger partial charge < -0.3 is 10.1 Å². The average Bonchev–Trinajstić information content (AvgIpc) is 2.86. The number of benzene rings is 1. The van der Waals surface area contributed by atoms with E-state index in [0.717, 1.165) is 35.7 Å². The molecule has 4 nitrogen and oxygen atoms in total. The number of rotatable bonds is 2. The Morgan fingerprint density at radius 3 is 2.71 bits per heavy atom. The molecule has 0 fully saturated rings. The minimum atomic E-state index is 0.679. The van der Waals surface area contributed by atoms with Crippen LogP contribution in [0.2, 0.25) is 0 Å². The van der Waals surface area contributed by atoms with Crippen LogP contribution in [0.4, 0.5) is 0 Å². The molecule has 0 spiro atoms. The van der Waals surface area contributed by atoms with E-state index in [1.54, 1.807) is 7.11 Å². The summed E-state index contributed by atoms with van der Waals surface area (Å²) in [6.45, 7) is 1.57. The molecular formula is C13H13N3O. The quantitative estimate of drug-likeness (QED) is 0.849. The highest BCUT2D eigenvalue weighted by Crippen LogP contribution is 2.26. The van der Waals surface area contributed by atoms with Gasteiger partial charge in [-0.15, -0.1) is 0 Å². The zero-order chi connectivity index (χ0) is 11.7. The Balaban J connectivity index is 2.13. The maximum absolute atomic E-state index is 5.33. The molecule has 1 aliphatic heterocycles. The van der Waals surface area contributed by atoms with Crippen LogP contribution in [0.1, 0.15) is 11.3 Å². The molecule has 1 aliphatic rings. The predicted molar refractivity (Wildman–Crippen MR) is 64.6 cm³/mol. The van der Waals surface area contributed by atoms with Crippen LogP contribution in [-0.2, 0) is 13.1 Å². The van der Waals surface area contributed by atoms with Gasteiger partial charge in [-0.3, -0.25) is 0 Å². The smallest absolute Gasteiger partial charge is 0.221 e. The fraction of sp³-hybridized carbons (Fsp3) is 0.231. The summed E-state index contributed by atoms with van der Waals surface area (Å²) >= 11 is 0. The standard InChI is InChI=1S/C13H13N3O/c1-17-13-10-7-14-8-11(10)15-12(16-13)9-5-3-2-4-6-9/h2-6,14H,7-8H2,1H3. The van der Waals surface area contributed by atoms with Crippen molar-refractivity contribution in [1.29, 1.82) is 0 Å². The van der Waals surface area contributed by atoms with E-state index in [9.17, 15) is 0 Å². The number of ether oxygens (including phenoxy) is 1. The zero-order valence-corrected chi connectivity index (χ0v) is 9.60. The highest BCUT2D eigenvalue weighted by molar-refractivity contribution is 5.56. The zero-order valence-electron chi connectivity index (χ0n) is 9.60. The fourth-order valence-electron chi connectivity index (χ4n) is 2.02. The van der Waals surface area contributed by atoms with Crippen molar-refractivity contribution in [2.75, 3.05) is 7.11 Å². The molecule has 0 radical (unpaired) electrons. The van der Waals surface area contributed by atoms with Gasteiger partial charge in [0.15, 0.2) is 5.82 Å². The molecule has 0 amide bonds. The highest BCUT2D eigenvalue weighted by Gasteiger charge is 2.19. The summed E-state index contributed by atoms with van der Waals surface area (Å²) in [6, 6.07) is 9.95. The lowest BCUT2D eigenvalue weighted by Gasteiger charge is -2.07. The van der Waals surface area contributed by atoms with Gasteiger partial charge in [0.2, 0.25) is 5.88 Å². The summed E-state index contributed by atoms with van der Waals surface area (Å²) in [5.74, 6) is 1.41. The second-order valence-corrected chi connectivity index (χ2v) is 3.95. The van der Waals surface area contributed by atoms with Gasteiger partial charge in [-0.1, -0.05) is 30.3 Å². The largest absolute Gasteiger partial charge is 0.481 e. The van der Waals surface area contributed by atoms with Crippen LogP contribution in [0, 0.1) is 0 Å². The number of hydrogen-bond donors (Lipinski definition) is 1. The first-order valence-corrected chi connectivity index (χ1v) is 5.58. The van der Waals surface area contributed by atoms with E-state index < -0.39 is 0 Å². The number of fused-ring (bicyclic) bond motifs is 1. The molecule has 86 valence electrons. The van der Waals surface area contributed by atoms with Crippen LogP contribution in [0.25, 0.3) is 11.4 Å². The van der Waals surface area contributed by atoms with Crippen LogP contribution in [-0.4, -0.2) is 17.1 Å². The van der Waals surface area contributed by atoms with Gasteiger partial charge in [-0.05, 0) is 0 Å². The van der Waals surface area contributed by atoms with Gasteiger partial charge in [0, 0.05) is 18.7 Å². The maximum Gasteiger partial charge on any atom is 0.221 e. The molecule has 2 heterocycles. The number of nitrogens with one attached hydrogen (secondary N) is 1. The molecule has 0 saturated heterocycles. The fourth-order valence-corrected chi connectivity index (χ4v) is 2.02. The molecule has 1 aromatic carbocycles. The van der Waals surface area contributed by atoms with E-state index in [1.807, 2.05) is 30.3 Å². The van der Waals surface area contributed by atoms with Gasteiger partial charge in [0.05, 0.1) is 18.4 Å². The average molecular weight is 227 g/mol. The third-order valence-electron chi connectivity index (χ3n) is 2.87. The van der Waals surface area contributed by atoms with Gasteiger partial charge >= 0.3 is 0 Å². The van der Waals surface area contributed by atoms with Crippen LogP contribution in [0.3, 0.4) is 0 Å². The molecule has 1 aromatic heterocycles. The number of methoxy groups -OCH3 is 1. The molecule has 1 N–H and O–H groups in total. The second kappa shape index (κ2) is 4.14. The van der Waals surface area contributed by atoms with Gasteiger partial charge in [0.1, 0.15) is 0 Å². The molecule has 3 rings (SSSR count). The molecule has 0 atom stereocenters. The number of nitrogens with zero attached hydrogens (tertiary/aromatic N) is 2. The third-order valence-corrected chi connectivity index (χ3v) is 2.87. The third kappa shape index (κ3) is 1.76. The number of hydrogen-bond acceptors (Lipinski definition) is 4. The first kappa shape index (κ1) is 10.2. The summed E-state index contributed by atoms with van der Waals surface area (Å²) in [5, 5.41) is 3.26. The van der Waals surface area contributed by atoms with E-state index in [0.29, 0.717) is 5.88 Å². The van der Waals surface area contributed by atoms with E-state index in [2.05, 4.69) is 15.3 Å². The van der Waals surface area contributed by atoms with Crippen molar-refractivity contribution in [3.63, 3.8) is 0 Å². The van der Waals surface area contributed by atoms with Gasteiger partial charge in [-0.2, -0.15) is 4.98 Å². The van der Waals surface area contributed by atoms with Crippen molar-refractivity contribution in [3.05, 3.63) is 41.6 Å². The van der Waals surface area contributed by atoms with Crippen molar-refractivity contribution < 1.29 is 4.74 Å². The molecule has 17 heavy (non-hydrogen) atoms. The monoisotopic (exact) mass is 227 g/mol. The van der Waals surface area contributed by atoms with Crippen LogP contribution in [0.5, 0.6) is 5.88 Å². The lowest BCUT2D eigenvalue weighted by Crippen LogP contribution is -2.01. The Labute approximate surface area is 99.7 Å². The Kier molecular flexibility index (Phi) is 2.49. The summed E-state index contributed by atoms with van der Waals surface area (Å²) in [4.78, 5) is 9.04. The predicted octanol–water partition coefficient (Wildman–Crippen LogP) is 1.76. The molecule has 0 unspecified atom stereocenters. The van der Waals surface area contributed by atoms with Crippen molar-refractivity contribution in [1.82, 2.24) is 15.3 Å². The number of aromatic nitrogens is 2. The highest BCUT2D eigenvalue weighted by atomic mass is 16.5. The maximum atomic E-state index is 5.33. The van der Waals surface area contributed by atoms with E-state index in [1.165, 1.54) is 0 Å². The lowest BCUT2D eigenvalue weighted by atomic mass is 10.2. The topological polar surface area (TPSA) is 47.0 Å². The Hall–Kier alpha value is -1.94. The molecule has 4 heteroatoms. The van der Waals surface area contributed by atoms with Crippen LogP contribution < -0.4 is 10.1 Å². The first-order valence-electron chi connectivity index (χ1n) is 5.58. The minimum Gasteiger partial charge on any atom is -0.481 e. The minimum absolute atomic E-state index is 0.679. The summed E-state index contributed by atoms with van der Waals surface area (Å²) < 4.78 is 5.33. The Bertz CT molecular complexity index is 540. The van der Waals surface area contributed by atoms with Crippen molar-refractivity contribution >= 4 is 0 Å². The molecule has 2 aromatic rings. The van der Waals surface area contributed by atoms with Gasteiger partial charge in [-0.25, -0.2) is 4.98 Å². The van der Waals surface area contributed by atoms with E-state index in [-0.39, 0.29) is 0 Å². The molecular weight excluding hydrogens is 214 g/mol. The SMILES string of the molecule is COc1nc(-c2ccccc2)nc2c1CNC2. The second-order valence-electron chi connectivity index (χ2n) is 3.95.